The van der Waals surface area contributed by atoms with Gasteiger partial charge in [0, 0.05) is 35.6 Å². The number of halogens is 1. The van der Waals surface area contributed by atoms with Crippen molar-refractivity contribution in [1.29, 1.82) is 0 Å². The van der Waals surface area contributed by atoms with E-state index in [0.717, 1.165) is 38.8 Å². The van der Waals surface area contributed by atoms with Gasteiger partial charge < -0.3 is 10.2 Å². The number of rotatable bonds is 5. The lowest BCUT2D eigenvalue weighted by molar-refractivity contribution is 0.206. The number of nitrogens with zero attached hydrogens (tertiary/aromatic N) is 3. The molecule has 0 unspecified atom stereocenters. The molecule has 2 aromatic heterocycles. The van der Waals surface area contributed by atoms with E-state index in [0.29, 0.717) is 18.2 Å². The number of urea groups is 1. The molecular formula is C25H23ClN4O. The van der Waals surface area contributed by atoms with E-state index in [1.54, 1.807) is 17.3 Å². The second-order valence-electron chi connectivity index (χ2n) is 7.55. The number of anilines is 1. The average Bonchev–Trinajstić information content (AvgIpc) is 2.77. The van der Waals surface area contributed by atoms with Crippen LogP contribution in [0.25, 0.3) is 10.9 Å². The molecule has 0 fully saturated rings. The molecule has 0 bridgehead atoms. The van der Waals surface area contributed by atoms with Crippen molar-refractivity contribution in [3.8, 4) is 0 Å². The number of hydrogen-bond acceptors (Lipinski definition) is 3. The summed E-state index contributed by atoms with van der Waals surface area (Å²) in [6.45, 7) is 4.69. The Balaban J connectivity index is 1.66. The molecule has 2 amide bonds. The molecule has 0 aliphatic rings. The lowest BCUT2D eigenvalue weighted by atomic mass is 10.1. The Labute approximate surface area is 186 Å². The predicted molar refractivity (Wildman–Crippen MR) is 125 cm³/mol. The smallest absolute Gasteiger partial charge is 0.316 e. The molecule has 2 aromatic carbocycles. The highest BCUT2D eigenvalue weighted by Crippen LogP contribution is 2.25. The molecule has 1 N–H and O–H groups in total. The van der Waals surface area contributed by atoms with Crippen molar-refractivity contribution in [3.63, 3.8) is 0 Å². The zero-order chi connectivity index (χ0) is 21.8. The number of nitrogens with one attached hydrogen (secondary N) is 1. The highest BCUT2D eigenvalue weighted by Gasteiger charge is 2.18. The van der Waals surface area contributed by atoms with Gasteiger partial charge in [0.05, 0.1) is 12.1 Å². The maximum atomic E-state index is 13.2. The van der Waals surface area contributed by atoms with E-state index in [1.165, 1.54) is 0 Å². The third kappa shape index (κ3) is 4.84. The van der Waals surface area contributed by atoms with E-state index in [2.05, 4.69) is 15.3 Å². The van der Waals surface area contributed by atoms with Crippen LogP contribution < -0.4 is 5.32 Å². The standard InChI is InChI=1S/C25H23ClN4O/c1-17-7-3-4-11-22(17)28-25(31)30(15-19-9-6-12-27-14-19)16-21-13-20-10-5-8-18(2)23(20)29-24(21)26/h3-14H,15-16H2,1-2H3,(H,28,31). The summed E-state index contributed by atoms with van der Waals surface area (Å²) >= 11 is 6.53. The molecule has 4 rings (SSSR count). The number of carbonyl (C=O) groups excluding carboxylic acids is 1. The van der Waals surface area contributed by atoms with Gasteiger partial charge in [-0.1, -0.05) is 54.1 Å². The van der Waals surface area contributed by atoms with Crippen LogP contribution in [0.2, 0.25) is 5.15 Å². The second-order valence-corrected chi connectivity index (χ2v) is 7.91. The summed E-state index contributed by atoms with van der Waals surface area (Å²) in [6.07, 6.45) is 3.48. The zero-order valence-corrected chi connectivity index (χ0v) is 18.2. The van der Waals surface area contributed by atoms with Crippen molar-refractivity contribution in [2.75, 3.05) is 5.32 Å². The van der Waals surface area contributed by atoms with Crippen LogP contribution in [0.4, 0.5) is 10.5 Å². The highest BCUT2D eigenvalue weighted by atomic mass is 35.5. The topological polar surface area (TPSA) is 58.1 Å². The number of fused-ring (bicyclic) bond motifs is 1. The molecule has 0 spiro atoms. The number of amides is 2. The van der Waals surface area contributed by atoms with Crippen LogP contribution in [0, 0.1) is 13.8 Å². The van der Waals surface area contributed by atoms with E-state index in [4.69, 9.17) is 11.6 Å². The van der Waals surface area contributed by atoms with Crippen molar-refractivity contribution < 1.29 is 4.79 Å². The predicted octanol–water partition coefficient (Wildman–Crippen LogP) is 6.13. The van der Waals surface area contributed by atoms with Gasteiger partial charge in [-0.25, -0.2) is 9.78 Å². The molecule has 4 aromatic rings. The molecule has 0 aliphatic heterocycles. The fraction of sp³-hybridized carbons (Fsp3) is 0.160. The van der Waals surface area contributed by atoms with Crippen LogP contribution in [0.1, 0.15) is 22.3 Å². The van der Waals surface area contributed by atoms with Gasteiger partial charge in [0.15, 0.2) is 0 Å². The minimum absolute atomic E-state index is 0.210. The van der Waals surface area contributed by atoms with Crippen LogP contribution in [0.5, 0.6) is 0 Å². The van der Waals surface area contributed by atoms with E-state index < -0.39 is 0 Å². The van der Waals surface area contributed by atoms with Crippen LogP contribution in [0.3, 0.4) is 0 Å². The lowest BCUT2D eigenvalue weighted by Crippen LogP contribution is -2.34. The normalized spacial score (nSPS) is 10.8. The van der Waals surface area contributed by atoms with Crippen molar-refractivity contribution in [2.45, 2.75) is 26.9 Å². The zero-order valence-electron chi connectivity index (χ0n) is 17.5. The minimum atomic E-state index is -0.210. The van der Waals surface area contributed by atoms with Crippen LogP contribution >= 0.6 is 11.6 Å². The largest absolute Gasteiger partial charge is 0.322 e. The summed E-state index contributed by atoms with van der Waals surface area (Å²) in [6, 6.07) is 19.3. The van der Waals surface area contributed by atoms with Crippen LogP contribution in [-0.4, -0.2) is 20.9 Å². The van der Waals surface area contributed by atoms with E-state index in [1.807, 2.05) is 74.5 Å². The Kier molecular flexibility index (Phi) is 6.14. The maximum absolute atomic E-state index is 13.2. The summed E-state index contributed by atoms with van der Waals surface area (Å²) in [5, 5.41) is 4.42. The first-order chi connectivity index (χ1) is 15.0. The van der Waals surface area contributed by atoms with Gasteiger partial charge in [-0.15, -0.1) is 0 Å². The monoisotopic (exact) mass is 430 g/mol. The van der Waals surface area contributed by atoms with Crippen molar-refractivity contribution in [3.05, 3.63) is 100 Å². The Bertz CT molecular complexity index is 1230. The summed E-state index contributed by atoms with van der Waals surface area (Å²) in [4.78, 5) is 23.7. The molecule has 0 saturated heterocycles. The minimum Gasteiger partial charge on any atom is -0.316 e. The van der Waals surface area contributed by atoms with Crippen molar-refractivity contribution in [1.82, 2.24) is 14.9 Å². The van der Waals surface area contributed by atoms with Gasteiger partial charge in [0.1, 0.15) is 5.15 Å². The molecular weight excluding hydrogens is 408 g/mol. The van der Waals surface area contributed by atoms with E-state index >= 15 is 0 Å². The second kappa shape index (κ2) is 9.14. The summed E-state index contributed by atoms with van der Waals surface area (Å²) in [5.41, 5.74) is 5.45. The Hall–Kier alpha value is -3.44. The van der Waals surface area contributed by atoms with Crippen LogP contribution in [-0.2, 0) is 13.1 Å². The van der Waals surface area contributed by atoms with E-state index in [9.17, 15) is 4.79 Å². The first-order valence-corrected chi connectivity index (χ1v) is 10.4. The van der Waals surface area contributed by atoms with E-state index in [-0.39, 0.29) is 6.03 Å². The number of pyridine rings is 2. The molecule has 5 nitrogen and oxygen atoms in total. The summed E-state index contributed by atoms with van der Waals surface area (Å²) in [7, 11) is 0. The molecule has 0 saturated carbocycles. The van der Waals surface area contributed by atoms with Gasteiger partial charge in [0.2, 0.25) is 0 Å². The molecule has 2 heterocycles. The maximum Gasteiger partial charge on any atom is 0.322 e. The number of hydrogen-bond donors (Lipinski definition) is 1. The fourth-order valence-electron chi connectivity index (χ4n) is 3.50. The summed E-state index contributed by atoms with van der Waals surface area (Å²) in [5.74, 6) is 0. The number of carbonyl (C=O) groups is 1. The van der Waals surface area contributed by atoms with Gasteiger partial charge in [-0.3, -0.25) is 4.98 Å². The summed E-state index contributed by atoms with van der Waals surface area (Å²) < 4.78 is 0. The number of benzene rings is 2. The first-order valence-electron chi connectivity index (χ1n) is 10.1. The Morgan fingerprint density at radius 2 is 1.81 bits per heavy atom. The molecule has 0 aliphatic carbocycles. The quantitative estimate of drug-likeness (QED) is 0.387. The molecule has 0 atom stereocenters. The third-order valence-electron chi connectivity index (χ3n) is 5.20. The number of aromatic nitrogens is 2. The molecule has 6 heteroatoms. The van der Waals surface area contributed by atoms with Crippen molar-refractivity contribution in [2.24, 2.45) is 0 Å². The fourth-order valence-corrected chi connectivity index (χ4v) is 3.70. The van der Waals surface area contributed by atoms with Gasteiger partial charge in [0.25, 0.3) is 0 Å². The molecule has 0 radical (unpaired) electrons. The van der Waals surface area contributed by atoms with Gasteiger partial charge in [-0.2, -0.15) is 0 Å². The molecule has 156 valence electrons. The number of para-hydroxylation sites is 2. The van der Waals surface area contributed by atoms with Crippen molar-refractivity contribution >= 4 is 34.2 Å². The lowest BCUT2D eigenvalue weighted by Gasteiger charge is -2.24. The first kappa shape index (κ1) is 20.8. The van der Waals surface area contributed by atoms with Crippen LogP contribution in [0.15, 0.2) is 73.1 Å². The highest BCUT2D eigenvalue weighted by molar-refractivity contribution is 6.30. The third-order valence-corrected chi connectivity index (χ3v) is 5.53. The Morgan fingerprint density at radius 1 is 1.00 bits per heavy atom. The van der Waals surface area contributed by atoms with Gasteiger partial charge in [-0.05, 0) is 48.7 Å². The van der Waals surface area contributed by atoms with Gasteiger partial charge >= 0.3 is 6.03 Å². The SMILES string of the molecule is Cc1ccccc1NC(=O)N(Cc1cccnc1)Cc1cc2cccc(C)c2nc1Cl. The number of aryl methyl sites for hydroxylation is 2. The molecule has 31 heavy (non-hydrogen) atoms. The average molecular weight is 431 g/mol. The Morgan fingerprint density at radius 3 is 2.58 bits per heavy atom.